The van der Waals surface area contributed by atoms with Gasteiger partial charge in [-0.15, -0.1) is 0 Å². The normalized spacial score (nSPS) is 10.7. The second kappa shape index (κ2) is 4.22. The van der Waals surface area contributed by atoms with Crippen LogP contribution >= 0.6 is 0 Å². The van der Waals surface area contributed by atoms with Crippen molar-refractivity contribution in [3.05, 3.63) is 33.3 Å². The van der Waals surface area contributed by atoms with E-state index in [0.717, 1.165) is 0 Å². The number of halogens is 3. The number of rotatable bonds is 3. The van der Waals surface area contributed by atoms with E-state index >= 15 is 0 Å². The maximum absolute atomic E-state index is 12.9. The SMILES string of the molecule is O=[N+]([O-])c1nc(CO)c(F)cc1C(F)F. The predicted molar refractivity (Wildman–Crippen MR) is 41.7 cm³/mol. The third-order valence-electron chi connectivity index (χ3n) is 1.61. The Kier molecular flexibility index (Phi) is 3.20. The summed E-state index contributed by atoms with van der Waals surface area (Å²) in [7, 11) is 0. The molecule has 1 N–H and O–H groups in total. The highest BCUT2D eigenvalue weighted by molar-refractivity contribution is 5.35. The molecule has 0 spiro atoms. The Morgan fingerprint density at radius 1 is 1.60 bits per heavy atom. The monoisotopic (exact) mass is 222 g/mol. The van der Waals surface area contributed by atoms with Crippen LogP contribution in [0, 0.1) is 15.9 Å². The van der Waals surface area contributed by atoms with Crippen LogP contribution in [0.2, 0.25) is 0 Å². The number of aliphatic hydroxyl groups is 1. The van der Waals surface area contributed by atoms with Gasteiger partial charge in [0.25, 0.3) is 6.43 Å². The van der Waals surface area contributed by atoms with Crippen molar-refractivity contribution < 1.29 is 23.2 Å². The molecule has 0 aliphatic rings. The van der Waals surface area contributed by atoms with Crippen LogP contribution in [0.4, 0.5) is 19.0 Å². The highest BCUT2D eigenvalue weighted by Crippen LogP contribution is 2.28. The molecule has 1 aromatic rings. The Morgan fingerprint density at radius 2 is 2.20 bits per heavy atom. The summed E-state index contributed by atoms with van der Waals surface area (Å²) in [5.41, 5.74) is -1.74. The van der Waals surface area contributed by atoms with E-state index in [-0.39, 0.29) is 0 Å². The fraction of sp³-hybridized carbons (Fsp3) is 0.286. The Labute approximate surface area is 81.3 Å². The van der Waals surface area contributed by atoms with Crippen LogP contribution in [0.3, 0.4) is 0 Å². The predicted octanol–water partition coefficient (Wildman–Crippen LogP) is 1.56. The minimum Gasteiger partial charge on any atom is -0.388 e. The minimum atomic E-state index is -3.19. The molecule has 0 aliphatic carbocycles. The summed E-state index contributed by atoms with van der Waals surface area (Å²) in [5, 5.41) is 18.9. The smallest absolute Gasteiger partial charge is 0.372 e. The molecule has 0 fully saturated rings. The summed E-state index contributed by atoms with van der Waals surface area (Å²) in [6.07, 6.45) is -3.19. The molecule has 0 aliphatic heterocycles. The van der Waals surface area contributed by atoms with Crippen molar-refractivity contribution in [3.63, 3.8) is 0 Å². The van der Waals surface area contributed by atoms with Gasteiger partial charge >= 0.3 is 5.82 Å². The van der Waals surface area contributed by atoms with Gasteiger partial charge in [-0.25, -0.2) is 13.2 Å². The van der Waals surface area contributed by atoms with Gasteiger partial charge in [-0.3, -0.25) is 0 Å². The molecule has 0 atom stereocenters. The third-order valence-corrected chi connectivity index (χ3v) is 1.61. The number of hydrogen-bond acceptors (Lipinski definition) is 4. The quantitative estimate of drug-likeness (QED) is 0.621. The van der Waals surface area contributed by atoms with E-state index in [1.807, 2.05) is 0 Å². The zero-order chi connectivity index (χ0) is 11.6. The van der Waals surface area contributed by atoms with Crippen LogP contribution < -0.4 is 0 Å². The number of pyridine rings is 1. The number of hydrogen-bond donors (Lipinski definition) is 1. The fourth-order valence-electron chi connectivity index (χ4n) is 0.948. The number of alkyl halides is 2. The van der Waals surface area contributed by atoms with Gasteiger partial charge in [0.15, 0.2) is 5.82 Å². The summed E-state index contributed by atoms with van der Waals surface area (Å²) in [4.78, 5) is 12.2. The van der Waals surface area contributed by atoms with Gasteiger partial charge in [0.1, 0.15) is 12.2 Å². The zero-order valence-electron chi connectivity index (χ0n) is 7.15. The molecule has 15 heavy (non-hydrogen) atoms. The average Bonchev–Trinajstić information content (AvgIpc) is 2.16. The highest BCUT2D eigenvalue weighted by atomic mass is 19.3. The molecule has 5 nitrogen and oxygen atoms in total. The largest absolute Gasteiger partial charge is 0.388 e. The Hall–Kier alpha value is -1.70. The molecule has 0 amide bonds. The van der Waals surface area contributed by atoms with Crippen LogP contribution in [-0.2, 0) is 6.61 Å². The van der Waals surface area contributed by atoms with Crippen molar-refractivity contribution in [2.75, 3.05) is 0 Å². The topological polar surface area (TPSA) is 76.3 Å². The maximum Gasteiger partial charge on any atom is 0.372 e. The van der Waals surface area contributed by atoms with Crippen LogP contribution in [0.5, 0.6) is 0 Å². The van der Waals surface area contributed by atoms with Gasteiger partial charge in [-0.05, 0) is 16.0 Å². The maximum atomic E-state index is 12.9. The second-order valence-corrected chi connectivity index (χ2v) is 2.55. The van der Waals surface area contributed by atoms with E-state index in [4.69, 9.17) is 5.11 Å². The molecule has 0 bridgehead atoms. The Morgan fingerprint density at radius 3 is 2.60 bits per heavy atom. The fourth-order valence-corrected chi connectivity index (χ4v) is 0.948. The number of aromatic nitrogens is 1. The minimum absolute atomic E-state index is 0.307. The number of nitrogens with zero attached hydrogens (tertiary/aromatic N) is 2. The van der Waals surface area contributed by atoms with Crippen molar-refractivity contribution in [2.24, 2.45) is 0 Å². The van der Waals surface area contributed by atoms with Gasteiger partial charge < -0.3 is 15.2 Å². The molecule has 82 valence electrons. The van der Waals surface area contributed by atoms with Crippen molar-refractivity contribution in [3.8, 4) is 0 Å². The Bertz CT molecular complexity index is 397. The molecule has 0 saturated carbocycles. The standard InChI is InChI=1S/C7H5F3N2O3/c8-4-1-3(6(9)10)7(12(14)15)11-5(4)2-13/h1,6,13H,2H2. The molecule has 0 unspecified atom stereocenters. The molecule has 0 saturated heterocycles. The van der Waals surface area contributed by atoms with Crippen molar-refractivity contribution in [1.82, 2.24) is 4.98 Å². The van der Waals surface area contributed by atoms with Gasteiger partial charge in [0.2, 0.25) is 5.69 Å². The first-order valence-electron chi connectivity index (χ1n) is 3.70. The molecule has 1 rings (SSSR count). The molecule has 0 aromatic carbocycles. The van der Waals surface area contributed by atoms with Gasteiger partial charge in [0.05, 0.1) is 0 Å². The first-order chi connectivity index (χ1) is 6.97. The average molecular weight is 222 g/mol. The molecule has 8 heteroatoms. The third kappa shape index (κ3) is 2.21. The van der Waals surface area contributed by atoms with E-state index < -0.39 is 40.8 Å². The summed E-state index contributed by atoms with van der Waals surface area (Å²) >= 11 is 0. The van der Waals surface area contributed by atoms with Crippen molar-refractivity contribution in [1.29, 1.82) is 0 Å². The summed E-state index contributed by atoms with van der Waals surface area (Å²) in [5.74, 6) is -2.34. The molecule has 1 aromatic heterocycles. The molecule has 1 heterocycles. The first-order valence-corrected chi connectivity index (χ1v) is 3.70. The van der Waals surface area contributed by atoms with Crippen LogP contribution in [0.1, 0.15) is 17.7 Å². The van der Waals surface area contributed by atoms with Crippen molar-refractivity contribution in [2.45, 2.75) is 13.0 Å². The summed E-state index contributed by atoms with van der Waals surface area (Å²) in [6, 6.07) is 0.307. The van der Waals surface area contributed by atoms with Gasteiger partial charge in [-0.2, -0.15) is 0 Å². The van der Waals surface area contributed by atoms with Gasteiger partial charge in [0, 0.05) is 0 Å². The van der Waals surface area contributed by atoms with E-state index in [1.54, 1.807) is 0 Å². The summed E-state index contributed by atoms with van der Waals surface area (Å²) < 4.78 is 37.3. The lowest BCUT2D eigenvalue weighted by atomic mass is 10.2. The van der Waals surface area contributed by atoms with Crippen LogP contribution in [0.25, 0.3) is 0 Å². The first kappa shape index (κ1) is 11.4. The summed E-state index contributed by atoms with van der Waals surface area (Å²) in [6.45, 7) is -0.893. The molecule has 0 radical (unpaired) electrons. The Balaban J connectivity index is 3.39. The molecular formula is C7H5F3N2O3. The second-order valence-electron chi connectivity index (χ2n) is 2.55. The van der Waals surface area contributed by atoms with E-state index in [0.29, 0.717) is 6.07 Å². The number of aliphatic hydroxyl groups excluding tert-OH is 1. The van der Waals surface area contributed by atoms with Crippen LogP contribution in [0.15, 0.2) is 6.07 Å². The van der Waals surface area contributed by atoms with E-state index in [2.05, 4.69) is 4.98 Å². The lowest BCUT2D eigenvalue weighted by Crippen LogP contribution is -2.05. The number of nitro groups is 1. The lowest BCUT2D eigenvalue weighted by molar-refractivity contribution is -0.391. The van der Waals surface area contributed by atoms with Crippen molar-refractivity contribution >= 4 is 5.82 Å². The highest BCUT2D eigenvalue weighted by Gasteiger charge is 2.27. The van der Waals surface area contributed by atoms with E-state index in [1.165, 1.54) is 0 Å². The van der Waals surface area contributed by atoms with E-state index in [9.17, 15) is 23.3 Å². The lowest BCUT2D eigenvalue weighted by Gasteiger charge is -2.02. The zero-order valence-corrected chi connectivity index (χ0v) is 7.15. The van der Waals surface area contributed by atoms with Gasteiger partial charge in [-0.1, -0.05) is 0 Å². The van der Waals surface area contributed by atoms with Crippen LogP contribution in [-0.4, -0.2) is 15.0 Å². The molecular weight excluding hydrogens is 217 g/mol.